The molecule has 3 N–H and O–H groups in total. The van der Waals surface area contributed by atoms with Gasteiger partial charge in [-0.2, -0.15) is 5.10 Å². The number of hydrogen-bond acceptors (Lipinski definition) is 3. The van der Waals surface area contributed by atoms with Crippen molar-refractivity contribution >= 4 is 11.7 Å². The summed E-state index contributed by atoms with van der Waals surface area (Å²) in [5.41, 5.74) is 0.320. The van der Waals surface area contributed by atoms with Crippen LogP contribution in [0.5, 0.6) is 0 Å². The van der Waals surface area contributed by atoms with Crippen LogP contribution < -0.4 is 10.6 Å². The van der Waals surface area contributed by atoms with Crippen LogP contribution in [-0.4, -0.2) is 40.0 Å². The highest BCUT2D eigenvalue weighted by atomic mass is 19.3. The van der Waals surface area contributed by atoms with E-state index in [0.717, 1.165) is 4.68 Å². The average Bonchev–Trinajstić information content (AvgIpc) is 2.72. The Kier molecular flexibility index (Phi) is 5.50. The van der Waals surface area contributed by atoms with Crippen LogP contribution in [0.1, 0.15) is 13.3 Å². The van der Waals surface area contributed by atoms with Gasteiger partial charge in [-0.3, -0.25) is 4.68 Å². The maximum atomic E-state index is 12.1. The lowest BCUT2D eigenvalue weighted by molar-refractivity contribution is 0.122. The number of nitrogens with zero attached hydrogens (tertiary/aromatic N) is 2. The summed E-state index contributed by atoms with van der Waals surface area (Å²) in [4.78, 5) is 11.5. The lowest BCUT2D eigenvalue weighted by Gasteiger charge is -2.13. The Bertz CT molecular complexity index is 380. The molecule has 0 radical (unpaired) electrons. The van der Waals surface area contributed by atoms with E-state index >= 15 is 0 Å². The zero-order valence-electron chi connectivity index (χ0n) is 9.94. The van der Waals surface area contributed by atoms with Gasteiger partial charge in [-0.05, 0) is 6.42 Å². The lowest BCUT2D eigenvalue weighted by atomic mass is 10.2. The molecule has 0 fully saturated rings. The summed E-state index contributed by atoms with van der Waals surface area (Å²) >= 11 is 0. The van der Waals surface area contributed by atoms with Crippen molar-refractivity contribution in [2.45, 2.75) is 32.4 Å². The molecule has 0 aliphatic heterocycles. The monoisotopic (exact) mass is 262 g/mol. The van der Waals surface area contributed by atoms with Gasteiger partial charge in [-0.25, -0.2) is 13.6 Å². The second-order valence-corrected chi connectivity index (χ2v) is 3.73. The number of nitrogens with one attached hydrogen (secondary N) is 2. The molecule has 1 atom stereocenters. The third kappa shape index (κ3) is 4.66. The van der Waals surface area contributed by atoms with Crippen LogP contribution in [0.3, 0.4) is 0 Å². The van der Waals surface area contributed by atoms with E-state index in [1.54, 1.807) is 0 Å². The molecular formula is C10H16F2N4O2. The molecule has 0 aromatic carbocycles. The van der Waals surface area contributed by atoms with Crippen molar-refractivity contribution in [3.63, 3.8) is 0 Å². The Labute approximate surface area is 103 Å². The maximum Gasteiger partial charge on any atom is 0.319 e. The molecule has 8 heteroatoms. The number of aliphatic hydroxyl groups is 1. The molecule has 1 rings (SSSR count). The highest BCUT2D eigenvalue weighted by Crippen LogP contribution is 2.06. The summed E-state index contributed by atoms with van der Waals surface area (Å²) in [6.07, 6.45) is 0.688. The van der Waals surface area contributed by atoms with Crippen LogP contribution >= 0.6 is 0 Å². The molecule has 0 aliphatic carbocycles. The number of urea groups is 1. The van der Waals surface area contributed by atoms with Gasteiger partial charge in [-0.1, -0.05) is 6.92 Å². The van der Waals surface area contributed by atoms with E-state index in [9.17, 15) is 13.6 Å². The molecule has 0 spiro atoms. The van der Waals surface area contributed by atoms with E-state index in [2.05, 4.69) is 15.7 Å². The third-order valence-corrected chi connectivity index (χ3v) is 2.26. The fraction of sp³-hybridized carbons (Fsp3) is 0.600. The average molecular weight is 262 g/mol. The Hall–Kier alpha value is -1.70. The first-order chi connectivity index (χ1) is 8.55. The van der Waals surface area contributed by atoms with Gasteiger partial charge in [0.1, 0.15) is 6.54 Å². The molecule has 0 aliphatic rings. The van der Waals surface area contributed by atoms with Crippen molar-refractivity contribution in [3.05, 3.63) is 12.4 Å². The summed E-state index contributed by atoms with van der Waals surface area (Å²) in [6.45, 7) is 1.15. The molecular weight excluding hydrogens is 246 g/mol. The molecule has 2 amide bonds. The predicted octanol–water partition coefficient (Wildman–Crippen LogP) is 1.04. The predicted molar refractivity (Wildman–Crippen MR) is 61.6 cm³/mol. The number of alkyl halides is 2. The van der Waals surface area contributed by atoms with Crippen molar-refractivity contribution in [1.29, 1.82) is 0 Å². The summed E-state index contributed by atoms with van der Waals surface area (Å²) in [7, 11) is 0. The summed E-state index contributed by atoms with van der Waals surface area (Å²) in [5.74, 6) is 0. The highest BCUT2D eigenvalue weighted by Gasteiger charge is 2.11. The zero-order chi connectivity index (χ0) is 13.5. The fourth-order valence-corrected chi connectivity index (χ4v) is 1.30. The largest absolute Gasteiger partial charge is 0.394 e. The first-order valence-corrected chi connectivity index (χ1v) is 5.54. The Balaban J connectivity index is 2.46. The van der Waals surface area contributed by atoms with Crippen molar-refractivity contribution < 1.29 is 18.7 Å². The van der Waals surface area contributed by atoms with Gasteiger partial charge < -0.3 is 15.7 Å². The van der Waals surface area contributed by atoms with E-state index < -0.39 is 19.0 Å². The molecule has 0 saturated carbocycles. The number of aromatic nitrogens is 2. The topological polar surface area (TPSA) is 79.2 Å². The van der Waals surface area contributed by atoms with Crippen LogP contribution in [0.25, 0.3) is 0 Å². The zero-order valence-corrected chi connectivity index (χ0v) is 9.94. The number of aliphatic hydroxyl groups excluding tert-OH is 1. The molecule has 18 heavy (non-hydrogen) atoms. The fourth-order valence-electron chi connectivity index (χ4n) is 1.30. The second-order valence-electron chi connectivity index (χ2n) is 3.73. The van der Waals surface area contributed by atoms with Crippen molar-refractivity contribution in [2.75, 3.05) is 11.9 Å². The molecule has 1 aromatic rings. The first-order valence-electron chi connectivity index (χ1n) is 5.54. The molecule has 102 valence electrons. The standard InChI is InChI=1S/C10H16F2N4O2/c1-2-7(6-17)14-10(18)15-8-3-13-16(4-8)5-9(11)12/h3-4,7,9,17H,2,5-6H2,1H3,(H2,14,15,18). The van der Waals surface area contributed by atoms with E-state index in [0.29, 0.717) is 12.1 Å². The molecule has 1 unspecified atom stereocenters. The number of anilines is 1. The van der Waals surface area contributed by atoms with Gasteiger partial charge in [0.2, 0.25) is 0 Å². The van der Waals surface area contributed by atoms with E-state index in [-0.39, 0.29) is 12.6 Å². The highest BCUT2D eigenvalue weighted by molar-refractivity contribution is 5.89. The minimum Gasteiger partial charge on any atom is -0.394 e. The lowest BCUT2D eigenvalue weighted by Crippen LogP contribution is -2.39. The summed E-state index contributed by atoms with van der Waals surface area (Å²) < 4.78 is 25.2. The molecule has 0 bridgehead atoms. The Morgan fingerprint density at radius 3 is 2.89 bits per heavy atom. The van der Waals surface area contributed by atoms with Crippen molar-refractivity contribution in [3.8, 4) is 0 Å². The number of halogens is 2. The number of amides is 2. The third-order valence-electron chi connectivity index (χ3n) is 2.26. The number of carbonyl (C=O) groups is 1. The molecule has 0 saturated heterocycles. The molecule has 1 heterocycles. The van der Waals surface area contributed by atoms with Gasteiger partial charge in [0.15, 0.2) is 0 Å². The second kappa shape index (κ2) is 6.90. The SMILES string of the molecule is CCC(CO)NC(=O)Nc1cnn(CC(F)F)c1. The van der Waals surface area contributed by atoms with Crippen LogP contribution in [-0.2, 0) is 6.54 Å². The van der Waals surface area contributed by atoms with Crippen LogP contribution in [0.15, 0.2) is 12.4 Å². The Morgan fingerprint density at radius 1 is 1.61 bits per heavy atom. The quantitative estimate of drug-likeness (QED) is 0.716. The first kappa shape index (κ1) is 14.4. The van der Waals surface area contributed by atoms with E-state index in [1.807, 2.05) is 6.92 Å². The molecule has 1 aromatic heterocycles. The Morgan fingerprint density at radius 2 is 2.33 bits per heavy atom. The van der Waals surface area contributed by atoms with Crippen LogP contribution in [0, 0.1) is 0 Å². The maximum absolute atomic E-state index is 12.1. The number of carbonyl (C=O) groups excluding carboxylic acids is 1. The number of rotatable bonds is 6. The van der Waals surface area contributed by atoms with Crippen molar-refractivity contribution in [1.82, 2.24) is 15.1 Å². The summed E-state index contributed by atoms with van der Waals surface area (Å²) in [6, 6.07) is -0.839. The van der Waals surface area contributed by atoms with Gasteiger partial charge in [-0.15, -0.1) is 0 Å². The van der Waals surface area contributed by atoms with Gasteiger partial charge >= 0.3 is 6.03 Å². The van der Waals surface area contributed by atoms with E-state index in [4.69, 9.17) is 5.11 Å². The molecule has 6 nitrogen and oxygen atoms in total. The van der Waals surface area contributed by atoms with Gasteiger partial charge in [0.25, 0.3) is 6.43 Å². The number of hydrogen-bond donors (Lipinski definition) is 3. The minimum absolute atomic E-state index is 0.158. The minimum atomic E-state index is -2.49. The van der Waals surface area contributed by atoms with E-state index in [1.165, 1.54) is 12.4 Å². The normalized spacial score (nSPS) is 12.5. The van der Waals surface area contributed by atoms with Crippen molar-refractivity contribution in [2.24, 2.45) is 0 Å². The smallest absolute Gasteiger partial charge is 0.319 e. The van der Waals surface area contributed by atoms with Gasteiger partial charge in [0, 0.05) is 6.20 Å². The van der Waals surface area contributed by atoms with Crippen LogP contribution in [0.2, 0.25) is 0 Å². The summed E-state index contributed by atoms with van der Waals surface area (Å²) in [5, 5.41) is 17.6. The van der Waals surface area contributed by atoms with Crippen LogP contribution in [0.4, 0.5) is 19.3 Å². The van der Waals surface area contributed by atoms with Gasteiger partial charge in [0.05, 0.1) is 24.5 Å².